The maximum Gasteiger partial charge on any atom is 0.281 e. The van der Waals surface area contributed by atoms with Gasteiger partial charge in [-0.05, 0) is 37.1 Å². The van der Waals surface area contributed by atoms with Gasteiger partial charge in [-0.1, -0.05) is 13.8 Å². The van der Waals surface area contributed by atoms with Gasteiger partial charge in [-0.25, -0.2) is 23.4 Å². The summed E-state index contributed by atoms with van der Waals surface area (Å²) >= 11 is 0. The molecule has 0 aliphatic heterocycles. The summed E-state index contributed by atoms with van der Waals surface area (Å²) in [5.74, 6) is 0. The van der Waals surface area contributed by atoms with Gasteiger partial charge in [0.05, 0.1) is 10.6 Å². The van der Waals surface area contributed by atoms with E-state index in [0.29, 0.717) is 29.8 Å². The molecule has 9 heteroatoms. The van der Waals surface area contributed by atoms with E-state index in [-0.39, 0.29) is 22.8 Å². The molecule has 154 valence electrons. The SMILES string of the molecule is CC.CS(=O)(=O)c1ccc(-n2cc(CCCO)nc(-c3cncnc3)c2=O)cc1. The smallest absolute Gasteiger partial charge is 0.281 e. The molecule has 0 amide bonds. The van der Waals surface area contributed by atoms with E-state index in [1.807, 2.05) is 13.8 Å². The van der Waals surface area contributed by atoms with Crippen LogP contribution in [0.5, 0.6) is 0 Å². The Balaban J connectivity index is 0.00000145. The minimum Gasteiger partial charge on any atom is -0.396 e. The van der Waals surface area contributed by atoms with Crippen molar-refractivity contribution in [3.63, 3.8) is 0 Å². The van der Waals surface area contributed by atoms with Gasteiger partial charge in [-0.3, -0.25) is 9.36 Å². The van der Waals surface area contributed by atoms with Gasteiger partial charge in [0, 0.05) is 42.7 Å². The lowest BCUT2D eigenvalue weighted by atomic mass is 10.2. The lowest BCUT2D eigenvalue weighted by molar-refractivity contribution is 0.288. The van der Waals surface area contributed by atoms with Gasteiger partial charge >= 0.3 is 0 Å². The Kier molecular flexibility index (Phi) is 7.74. The second kappa shape index (κ2) is 10.0. The molecule has 3 rings (SSSR count). The van der Waals surface area contributed by atoms with Crippen molar-refractivity contribution in [2.45, 2.75) is 31.6 Å². The Bertz CT molecular complexity index is 1100. The van der Waals surface area contributed by atoms with E-state index in [4.69, 9.17) is 5.11 Å². The van der Waals surface area contributed by atoms with Crippen LogP contribution >= 0.6 is 0 Å². The highest BCUT2D eigenvalue weighted by Gasteiger charge is 2.14. The predicted octanol–water partition coefficient (Wildman–Crippen LogP) is 2.04. The molecule has 0 bridgehead atoms. The molecule has 0 aliphatic carbocycles. The summed E-state index contributed by atoms with van der Waals surface area (Å²) in [5.41, 5.74) is 1.44. The van der Waals surface area contributed by atoms with Crippen molar-refractivity contribution in [1.29, 1.82) is 0 Å². The molecular weight excluding hydrogens is 392 g/mol. The standard InChI is InChI=1S/C18H18N4O4S.C2H6/c1-27(25,26)16-6-4-15(5-7-16)22-11-14(3-2-8-23)21-17(18(22)24)13-9-19-12-20-10-13;1-2/h4-7,9-12,23H,2-3,8H2,1H3;1-2H3. The number of hydrogen-bond donors (Lipinski definition) is 1. The van der Waals surface area contributed by atoms with Gasteiger partial charge in [0.15, 0.2) is 9.84 Å². The molecule has 1 N–H and O–H groups in total. The third-order valence-electron chi connectivity index (χ3n) is 3.92. The van der Waals surface area contributed by atoms with Crippen molar-refractivity contribution in [3.05, 3.63) is 65.2 Å². The van der Waals surface area contributed by atoms with Gasteiger partial charge in [0.25, 0.3) is 5.56 Å². The van der Waals surface area contributed by atoms with E-state index in [1.165, 1.54) is 35.4 Å². The fraction of sp³-hybridized carbons (Fsp3) is 0.300. The fourth-order valence-corrected chi connectivity index (χ4v) is 3.21. The molecule has 0 aliphatic rings. The highest BCUT2D eigenvalue weighted by molar-refractivity contribution is 7.90. The Morgan fingerprint density at radius 2 is 1.69 bits per heavy atom. The first-order valence-electron chi connectivity index (χ1n) is 9.19. The number of sulfone groups is 1. The van der Waals surface area contributed by atoms with Gasteiger partial charge in [-0.15, -0.1) is 0 Å². The van der Waals surface area contributed by atoms with E-state index in [9.17, 15) is 13.2 Å². The number of hydrogen-bond acceptors (Lipinski definition) is 7. The zero-order valence-corrected chi connectivity index (χ0v) is 17.4. The molecular formula is C20H24N4O4S. The lowest BCUT2D eigenvalue weighted by Gasteiger charge is -2.11. The zero-order valence-electron chi connectivity index (χ0n) is 16.6. The number of nitrogens with zero attached hydrogens (tertiary/aromatic N) is 4. The minimum atomic E-state index is -3.33. The molecule has 2 aromatic heterocycles. The minimum absolute atomic E-state index is 0.00758. The number of rotatable bonds is 6. The Morgan fingerprint density at radius 3 is 2.24 bits per heavy atom. The molecule has 0 radical (unpaired) electrons. The van der Waals surface area contributed by atoms with E-state index in [1.54, 1.807) is 18.3 Å². The van der Waals surface area contributed by atoms with Gasteiger partial charge in [0.1, 0.15) is 12.0 Å². The molecule has 0 spiro atoms. The van der Waals surface area contributed by atoms with Crippen LogP contribution in [-0.2, 0) is 16.3 Å². The van der Waals surface area contributed by atoms with E-state index in [2.05, 4.69) is 15.0 Å². The van der Waals surface area contributed by atoms with Crippen LogP contribution in [0.4, 0.5) is 0 Å². The maximum absolute atomic E-state index is 13.0. The first-order valence-corrected chi connectivity index (χ1v) is 11.1. The Labute approximate surface area is 169 Å². The topological polar surface area (TPSA) is 115 Å². The summed E-state index contributed by atoms with van der Waals surface area (Å²) in [6.07, 6.45) is 8.08. The quantitative estimate of drug-likeness (QED) is 0.654. The largest absolute Gasteiger partial charge is 0.396 e. The Hall–Kier alpha value is -2.91. The van der Waals surface area contributed by atoms with Crippen LogP contribution in [0.25, 0.3) is 16.9 Å². The normalized spacial score (nSPS) is 10.9. The second-order valence-electron chi connectivity index (χ2n) is 5.98. The number of aromatic nitrogens is 4. The van der Waals surface area contributed by atoms with Gasteiger partial charge < -0.3 is 5.11 Å². The van der Waals surface area contributed by atoms with Gasteiger partial charge in [-0.2, -0.15) is 0 Å². The average Bonchev–Trinajstić information content (AvgIpc) is 2.74. The van der Waals surface area contributed by atoms with Crippen LogP contribution in [0.2, 0.25) is 0 Å². The molecule has 29 heavy (non-hydrogen) atoms. The molecule has 8 nitrogen and oxygen atoms in total. The van der Waals surface area contributed by atoms with Crippen LogP contribution in [-0.4, -0.2) is 45.9 Å². The van der Waals surface area contributed by atoms with Crippen molar-refractivity contribution in [3.8, 4) is 16.9 Å². The fourth-order valence-electron chi connectivity index (χ4n) is 2.58. The molecule has 3 aromatic rings. The van der Waals surface area contributed by atoms with Gasteiger partial charge in [0.2, 0.25) is 0 Å². The lowest BCUT2D eigenvalue weighted by Crippen LogP contribution is -2.23. The monoisotopic (exact) mass is 416 g/mol. The number of aliphatic hydroxyl groups excluding tert-OH is 1. The third-order valence-corrected chi connectivity index (χ3v) is 5.05. The highest BCUT2D eigenvalue weighted by atomic mass is 32.2. The van der Waals surface area contributed by atoms with E-state index >= 15 is 0 Å². The number of aliphatic hydroxyl groups is 1. The molecule has 0 saturated carbocycles. The summed E-state index contributed by atoms with van der Waals surface area (Å²) in [5, 5.41) is 9.09. The van der Waals surface area contributed by atoms with Crippen LogP contribution < -0.4 is 5.56 Å². The Morgan fingerprint density at radius 1 is 1.07 bits per heavy atom. The molecule has 2 heterocycles. The van der Waals surface area contributed by atoms with Crippen molar-refractivity contribution in [2.24, 2.45) is 0 Å². The van der Waals surface area contributed by atoms with E-state index in [0.717, 1.165) is 6.26 Å². The summed E-state index contributed by atoms with van der Waals surface area (Å²) in [4.78, 5) is 25.4. The maximum atomic E-state index is 13.0. The zero-order chi connectivity index (χ0) is 21.4. The predicted molar refractivity (Wildman–Crippen MR) is 111 cm³/mol. The van der Waals surface area contributed by atoms with Crippen LogP contribution in [0.15, 0.2) is 58.9 Å². The number of aryl methyl sites for hydroxylation is 1. The number of benzene rings is 1. The summed E-state index contributed by atoms with van der Waals surface area (Å²) in [7, 11) is -3.33. The summed E-state index contributed by atoms with van der Waals surface area (Å²) < 4.78 is 24.7. The third kappa shape index (κ3) is 5.55. The van der Waals surface area contributed by atoms with Crippen molar-refractivity contribution in [1.82, 2.24) is 19.5 Å². The van der Waals surface area contributed by atoms with Crippen molar-refractivity contribution in [2.75, 3.05) is 12.9 Å². The van der Waals surface area contributed by atoms with Crippen LogP contribution in [0, 0.1) is 0 Å². The molecule has 0 fully saturated rings. The van der Waals surface area contributed by atoms with Crippen LogP contribution in [0.1, 0.15) is 26.0 Å². The van der Waals surface area contributed by atoms with E-state index < -0.39 is 9.84 Å². The summed E-state index contributed by atoms with van der Waals surface area (Å²) in [6.45, 7) is 4.01. The molecule has 0 saturated heterocycles. The first kappa shape index (κ1) is 22.4. The molecule has 0 unspecified atom stereocenters. The van der Waals surface area contributed by atoms with Crippen molar-refractivity contribution >= 4 is 9.84 Å². The highest BCUT2D eigenvalue weighted by Crippen LogP contribution is 2.16. The average molecular weight is 417 g/mol. The molecule has 1 aromatic carbocycles. The van der Waals surface area contributed by atoms with Crippen LogP contribution in [0.3, 0.4) is 0 Å². The second-order valence-corrected chi connectivity index (χ2v) is 7.99. The molecule has 0 atom stereocenters. The van der Waals surface area contributed by atoms with Crippen molar-refractivity contribution < 1.29 is 13.5 Å². The summed E-state index contributed by atoms with van der Waals surface area (Å²) in [6, 6.07) is 6.05. The first-order chi connectivity index (χ1) is 13.9.